The fraction of sp³-hybridized carbons (Fsp3) is 0.303. The monoisotopic (exact) mass is 716 g/mol. The van der Waals surface area contributed by atoms with Gasteiger partial charge in [0.15, 0.2) is 23.6 Å². The lowest BCUT2D eigenvalue weighted by Gasteiger charge is -2.49. The molecule has 258 valence electrons. The molecule has 7 rings (SSSR count). The van der Waals surface area contributed by atoms with Crippen LogP contribution in [-0.2, 0) is 32.3 Å². The van der Waals surface area contributed by atoms with E-state index in [0.717, 1.165) is 53.9 Å². The lowest BCUT2D eigenvalue weighted by Crippen LogP contribution is -2.71. The zero-order chi connectivity index (χ0) is 34.9. The van der Waals surface area contributed by atoms with Crippen LogP contribution in [0.15, 0.2) is 76.7 Å². The fourth-order valence-corrected chi connectivity index (χ4v) is 8.28. The van der Waals surface area contributed by atoms with E-state index in [-0.39, 0.29) is 34.7 Å². The van der Waals surface area contributed by atoms with Gasteiger partial charge in [-0.1, -0.05) is 17.3 Å². The number of hydrazine groups is 1. The van der Waals surface area contributed by atoms with E-state index in [0.29, 0.717) is 23.4 Å². The molecule has 17 heteroatoms. The molecular weight excluding hydrogens is 683 g/mol. The number of hydrogen-bond donors (Lipinski definition) is 4. The Labute approximate surface area is 294 Å². The predicted octanol–water partition coefficient (Wildman–Crippen LogP) is 1.55. The number of nitrogens with one attached hydrogen (secondary N) is 2. The summed E-state index contributed by atoms with van der Waals surface area (Å²) < 4.78 is 4.06. The maximum absolute atomic E-state index is 13.4. The lowest BCUT2D eigenvalue weighted by molar-refractivity contribution is -0.663. The Morgan fingerprint density at radius 1 is 1.16 bits per heavy atom. The third-order valence-corrected chi connectivity index (χ3v) is 10.8. The minimum absolute atomic E-state index is 0.0832. The number of β-lactam (4-membered cyclic amide) rings is 1. The van der Waals surface area contributed by atoms with Crippen LogP contribution in [0.5, 0.6) is 0 Å². The number of aromatic nitrogens is 3. The molecule has 0 radical (unpaired) electrons. The number of carbonyl (C=O) groups is 4. The number of carbonyl (C=O) groups excluding carboxylic acids is 3. The van der Waals surface area contributed by atoms with Gasteiger partial charge in [0.2, 0.25) is 5.52 Å². The summed E-state index contributed by atoms with van der Waals surface area (Å²) in [6, 6.07) is 12.5. The molecule has 6 heterocycles. The Morgan fingerprint density at radius 2 is 1.94 bits per heavy atom. The van der Waals surface area contributed by atoms with Crippen LogP contribution in [0.1, 0.15) is 34.5 Å². The van der Waals surface area contributed by atoms with Crippen LogP contribution in [0.4, 0.5) is 5.13 Å². The Morgan fingerprint density at radius 3 is 2.64 bits per heavy atom. The van der Waals surface area contributed by atoms with Gasteiger partial charge in [0, 0.05) is 60.2 Å². The van der Waals surface area contributed by atoms with Gasteiger partial charge in [-0.05, 0) is 36.6 Å². The van der Waals surface area contributed by atoms with Crippen molar-refractivity contribution in [1.29, 1.82) is 0 Å². The van der Waals surface area contributed by atoms with Gasteiger partial charge in [-0.2, -0.15) is 4.57 Å². The third-order valence-electron chi connectivity index (χ3n) is 8.81. The summed E-state index contributed by atoms with van der Waals surface area (Å²) in [6.07, 6.45) is 6.02. The quantitative estimate of drug-likeness (QED) is 0.0768. The molecule has 4 aromatic rings. The molecule has 0 unspecified atom stereocenters. The van der Waals surface area contributed by atoms with Gasteiger partial charge in [-0.15, -0.1) is 23.1 Å². The number of rotatable bonds is 11. The third kappa shape index (κ3) is 6.41. The molecule has 0 saturated carbocycles. The van der Waals surface area contributed by atoms with Crippen LogP contribution in [0.25, 0.3) is 11.0 Å². The summed E-state index contributed by atoms with van der Waals surface area (Å²) in [7, 11) is 1.28. The van der Waals surface area contributed by atoms with Crippen molar-refractivity contribution in [2.45, 2.75) is 37.3 Å². The predicted molar refractivity (Wildman–Crippen MR) is 186 cm³/mol. The van der Waals surface area contributed by atoms with Gasteiger partial charge in [-0.3, -0.25) is 24.7 Å². The summed E-state index contributed by atoms with van der Waals surface area (Å²) in [5.41, 5.74) is 12.7. The van der Waals surface area contributed by atoms with Crippen LogP contribution in [-0.4, -0.2) is 91.3 Å². The normalized spacial score (nSPS) is 19.3. The number of nitrogens with two attached hydrogens (primary N) is 1. The van der Waals surface area contributed by atoms with E-state index >= 15 is 0 Å². The number of nitrogen functional groups attached to an aromatic ring is 1. The number of amides is 3. The number of thiazole rings is 1. The molecule has 3 amide bonds. The Bertz CT molecular complexity index is 2050. The number of fused-ring (bicyclic) bond motifs is 2. The van der Waals surface area contributed by atoms with Crippen LogP contribution in [0, 0.1) is 0 Å². The van der Waals surface area contributed by atoms with Crippen molar-refractivity contribution < 1.29 is 33.7 Å². The van der Waals surface area contributed by atoms with Gasteiger partial charge in [0.1, 0.15) is 35.4 Å². The van der Waals surface area contributed by atoms with E-state index < -0.39 is 29.2 Å². The first-order valence-electron chi connectivity index (χ1n) is 15.9. The van der Waals surface area contributed by atoms with Crippen molar-refractivity contribution in [3.63, 3.8) is 0 Å². The number of aliphatic carboxylic acids is 1. The molecule has 15 nitrogen and oxygen atoms in total. The molecule has 2 fully saturated rings. The topological polar surface area (TPSA) is 188 Å². The van der Waals surface area contributed by atoms with E-state index in [4.69, 9.17) is 10.6 Å². The van der Waals surface area contributed by atoms with Gasteiger partial charge >= 0.3 is 5.97 Å². The van der Waals surface area contributed by atoms with E-state index in [1.54, 1.807) is 5.38 Å². The molecular formula is C33H34N9O6S2+. The zero-order valence-corrected chi connectivity index (χ0v) is 28.6. The summed E-state index contributed by atoms with van der Waals surface area (Å²) in [6.45, 7) is 2.56. The van der Waals surface area contributed by atoms with Crippen molar-refractivity contribution in [3.05, 3.63) is 88.3 Å². The van der Waals surface area contributed by atoms with E-state index in [1.165, 1.54) is 23.8 Å². The molecule has 3 aliphatic rings. The first-order valence-corrected chi connectivity index (χ1v) is 17.8. The fourth-order valence-electron chi connectivity index (χ4n) is 6.40. The number of nitrogens with zero attached hydrogens (tertiary/aromatic N) is 6. The summed E-state index contributed by atoms with van der Waals surface area (Å²) in [5.74, 6) is -2.21. The molecule has 3 aromatic heterocycles. The standard InChI is InChI=1S/C33H33N9O6S2/c1-48-38-25(22-18-50-33(34)35-22)29(44)36-26-30(45)42-27(32(46)47)21(17-49-31(26)42)16-39-11-4-5-23-24(39)10-14-40(23)15-19-6-8-20(9-7-19)28(43)37-41-12-2-3-13-41/h4-11,14,18,26,31H,2-3,12-13,15-17H2,1H3,(H4-,34,35,36,37,43,44,46,47)/p+1/b38-25-/t26-,31-/m1/s1. The maximum Gasteiger partial charge on any atom is 0.352 e. The van der Waals surface area contributed by atoms with Gasteiger partial charge in [0.25, 0.3) is 17.7 Å². The smallest absolute Gasteiger partial charge is 0.352 e. The van der Waals surface area contributed by atoms with Crippen LogP contribution < -0.4 is 21.0 Å². The number of carboxylic acids is 1. The number of hydrogen-bond acceptors (Lipinski definition) is 11. The van der Waals surface area contributed by atoms with Crippen LogP contribution >= 0.6 is 23.1 Å². The first-order chi connectivity index (χ1) is 24.2. The first kappa shape index (κ1) is 33.2. The number of oxime groups is 1. The highest BCUT2D eigenvalue weighted by molar-refractivity contribution is 8.00. The minimum Gasteiger partial charge on any atom is -0.477 e. The van der Waals surface area contributed by atoms with E-state index in [1.807, 2.05) is 64.4 Å². The second-order valence-electron chi connectivity index (χ2n) is 12.0. The van der Waals surface area contributed by atoms with E-state index in [2.05, 4.69) is 25.4 Å². The molecule has 0 spiro atoms. The Hall–Kier alpha value is -5.26. The average Bonchev–Trinajstić information content (AvgIpc) is 3.88. The van der Waals surface area contributed by atoms with Gasteiger partial charge < -0.3 is 25.6 Å². The maximum atomic E-state index is 13.4. The summed E-state index contributed by atoms with van der Waals surface area (Å²) in [5, 5.41) is 19.8. The molecule has 50 heavy (non-hydrogen) atoms. The second kappa shape index (κ2) is 13.9. The number of benzene rings is 1. The highest BCUT2D eigenvalue weighted by Crippen LogP contribution is 2.40. The molecule has 3 aliphatic heterocycles. The lowest BCUT2D eigenvalue weighted by atomic mass is 10.0. The van der Waals surface area contributed by atoms with Crippen molar-refractivity contribution in [2.24, 2.45) is 5.16 Å². The second-order valence-corrected chi connectivity index (χ2v) is 14.0. The van der Waals surface area contributed by atoms with Crippen molar-refractivity contribution in [2.75, 3.05) is 31.7 Å². The van der Waals surface area contributed by atoms with Crippen molar-refractivity contribution in [1.82, 2.24) is 30.2 Å². The Kier molecular flexibility index (Phi) is 9.26. The Balaban J connectivity index is 1.05. The minimum atomic E-state index is -1.22. The van der Waals surface area contributed by atoms with Crippen LogP contribution in [0.2, 0.25) is 0 Å². The molecule has 2 atom stereocenters. The van der Waals surface area contributed by atoms with Crippen molar-refractivity contribution >= 4 is 68.7 Å². The average molecular weight is 717 g/mol. The highest BCUT2D eigenvalue weighted by Gasteiger charge is 2.55. The number of thioether (sulfide) groups is 1. The number of pyridine rings is 1. The summed E-state index contributed by atoms with van der Waals surface area (Å²) >= 11 is 2.51. The molecule has 5 N–H and O–H groups in total. The SMILES string of the molecule is CO/N=C(\C(=O)N[C@@H]1C(=O)N2C(C(=O)O)=C(C[n+]3cccc4c3ccn4Cc3ccc(C(=O)NN4CCCC4)cc3)CS[C@H]12)c1csc(N)n1. The molecule has 0 aliphatic carbocycles. The molecule has 1 aromatic carbocycles. The molecule has 0 bridgehead atoms. The van der Waals surface area contributed by atoms with E-state index in [9.17, 15) is 24.3 Å². The molecule has 2 saturated heterocycles. The zero-order valence-electron chi connectivity index (χ0n) is 26.9. The van der Waals surface area contributed by atoms with Crippen LogP contribution in [0.3, 0.4) is 0 Å². The van der Waals surface area contributed by atoms with Gasteiger partial charge in [0.05, 0.1) is 0 Å². The van der Waals surface area contributed by atoms with Gasteiger partial charge in [-0.25, -0.2) is 14.8 Å². The number of carboxylic acid groups (broad SMARTS) is 1. The van der Waals surface area contributed by atoms with Crippen molar-refractivity contribution in [3.8, 4) is 0 Å². The highest BCUT2D eigenvalue weighted by atomic mass is 32.2. The largest absolute Gasteiger partial charge is 0.477 e. The summed E-state index contributed by atoms with van der Waals surface area (Å²) in [4.78, 5) is 61.8. The number of anilines is 1.